The third kappa shape index (κ3) is 3.20. The topological polar surface area (TPSA) is 62.5 Å². The maximum absolute atomic E-state index is 13.9. The van der Waals surface area contributed by atoms with E-state index in [1.165, 1.54) is 12.3 Å². The Bertz CT molecular complexity index is 648. The molecule has 0 aliphatic heterocycles. The van der Waals surface area contributed by atoms with Gasteiger partial charge in [-0.2, -0.15) is 0 Å². The van der Waals surface area contributed by atoms with Gasteiger partial charge in [-0.3, -0.25) is 4.79 Å². The highest BCUT2D eigenvalue weighted by molar-refractivity contribution is 5.87. The minimum absolute atomic E-state index is 0.0305. The predicted molar refractivity (Wildman–Crippen MR) is 80.7 cm³/mol. The van der Waals surface area contributed by atoms with Crippen molar-refractivity contribution >= 4 is 5.91 Å². The van der Waals surface area contributed by atoms with Crippen LogP contribution >= 0.6 is 0 Å². The minimum Gasteiger partial charge on any atom is -0.466 e. The number of carbonyl (C=O) groups excluding carboxylic acids is 1. The van der Waals surface area contributed by atoms with E-state index in [4.69, 9.17) is 4.42 Å². The molecule has 1 atom stereocenters. The molecule has 1 aromatic heterocycles. The van der Waals surface area contributed by atoms with Gasteiger partial charge in [0, 0.05) is 5.56 Å². The van der Waals surface area contributed by atoms with Crippen molar-refractivity contribution in [3.63, 3.8) is 0 Å². The number of halogens is 1. The highest BCUT2D eigenvalue weighted by Gasteiger charge is 2.34. The Morgan fingerprint density at radius 2 is 1.91 bits per heavy atom. The second kappa shape index (κ2) is 5.93. The van der Waals surface area contributed by atoms with Crippen molar-refractivity contribution in [2.24, 2.45) is 0 Å². The van der Waals surface area contributed by atoms with E-state index in [0.717, 1.165) is 0 Å². The summed E-state index contributed by atoms with van der Waals surface area (Å²) in [6, 6.07) is 9.47. The zero-order chi connectivity index (χ0) is 16.4. The Labute approximate surface area is 129 Å². The second-order valence-corrected chi connectivity index (χ2v) is 6.04. The summed E-state index contributed by atoms with van der Waals surface area (Å²) in [6.07, 6.45) is 1.45. The Kier molecular flexibility index (Phi) is 4.37. The summed E-state index contributed by atoms with van der Waals surface area (Å²) >= 11 is 0. The molecular weight excluding hydrogens is 285 g/mol. The van der Waals surface area contributed by atoms with Crippen molar-refractivity contribution in [1.82, 2.24) is 5.32 Å². The molecule has 118 valence electrons. The Balaban J connectivity index is 2.10. The zero-order valence-corrected chi connectivity index (χ0v) is 12.9. The average molecular weight is 305 g/mol. The molecule has 1 heterocycles. The first-order valence-electron chi connectivity index (χ1n) is 7.05. The van der Waals surface area contributed by atoms with Crippen molar-refractivity contribution < 1.29 is 18.7 Å². The van der Waals surface area contributed by atoms with E-state index in [9.17, 15) is 14.3 Å². The molecule has 0 unspecified atom stereocenters. The van der Waals surface area contributed by atoms with Crippen molar-refractivity contribution in [2.75, 3.05) is 6.54 Å². The van der Waals surface area contributed by atoms with E-state index >= 15 is 0 Å². The molecular formula is C17H20FNO3. The third-order valence-corrected chi connectivity index (χ3v) is 3.76. The van der Waals surface area contributed by atoms with Crippen LogP contribution in [0.5, 0.6) is 0 Å². The van der Waals surface area contributed by atoms with Gasteiger partial charge in [0.05, 0.1) is 18.2 Å². The molecule has 0 spiro atoms. The fourth-order valence-electron chi connectivity index (χ4n) is 2.24. The van der Waals surface area contributed by atoms with Crippen LogP contribution in [-0.2, 0) is 15.8 Å². The third-order valence-electron chi connectivity index (χ3n) is 3.76. The first kappa shape index (κ1) is 16.2. The van der Waals surface area contributed by atoms with Gasteiger partial charge in [0.1, 0.15) is 17.2 Å². The number of furan rings is 1. The molecule has 0 aliphatic rings. The van der Waals surface area contributed by atoms with E-state index in [2.05, 4.69) is 5.32 Å². The van der Waals surface area contributed by atoms with E-state index < -0.39 is 16.8 Å². The van der Waals surface area contributed by atoms with Crippen LogP contribution < -0.4 is 5.32 Å². The van der Waals surface area contributed by atoms with Crippen LogP contribution in [0.2, 0.25) is 0 Å². The summed E-state index contributed by atoms with van der Waals surface area (Å²) in [5.74, 6) is -0.443. The van der Waals surface area contributed by atoms with Crippen LogP contribution in [0.1, 0.15) is 32.1 Å². The van der Waals surface area contributed by atoms with Crippen LogP contribution in [-0.4, -0.2) is 17.6 Å². The molecule has 2 aromatic rings. The molecule has 1 amide bonds. The lowest BCUT2D eigenvalue weighted by Crippen LogP contribution is -2.46. The van der Waals surface area contributed by atoms with Gasteiger partial charge in [-0.15, -0.1) is 0 Å². The van der Waals surface area contributed by atoms with Crippen LogP contribution in [0.25, 0.3) is 0 Å². The summed E-state index contributed by atoms with van der Waals surface area (Å²) in [7, 11) is 0. The number of rotatable bonds is 5. The Hall–Kier alpha value is -2.14. The number of aliphatic hydroxyl groups is 1. The number of carbonyl (C=O) groups is 1. The predicted octanol–water partition coefficient (Wildman–Crippen LogP) is 2.72. The smallest absolute Gasteiger partial charge is 0.230 e. The summed E-state index contributed by atoms with van der Waals surface area (Å²) in [6.45, 7) is 4.80. The molecule has 0 saturated heterocycles. The van der Waals surface area contributed by atoms with Gasteiger partial charge in [-0.05, 0) is 39.0 Å². The van der Waals surface area contributed by atoms with E-state index in [0.29, 0.717) is 11.3 Å². The highest BCUT2D eigenvalue weighted by atomic mass is 19.1. The summed E-state index contributed by atoms with van der Waals surface area (Å²) in [4.78, 5) is 12.4. The van der Waals surface area contributed by atoms with Gasteiger partial charge in [0.25, 0.3) is 0 Å². The highest BCUT2D eigenvalue weighted by Crippen LogP contribution is 2.26. The minimum atomic E-state index is -1.33. The van der Waals surface area contributed by atoms with E-state index in [-0.39, 0.29) is 12.5 Å². The van der Waals surface area contributed by atoms with Gasteiger partial charge in [-0.1, -0.05) is 18.2 Å². The SMILES string of the molecule is CC(C)(C(=O)NC[C@](C)(O)c1ccco1)c1ccccc1F. The lowest BCUT2D eigenvalue weighted by molar-refractivity contribution is -0.127. The average Bonchev–Trinajstić information content (AvgIpc) is 3.00. The summed E-state index contributed by atoms with van der Waals surface area (Å²) in [5.41, 5.74) is -2.07. The van der Waals surface area contributed by atoms with Gasteiger partial charge in [0.2, 0.25) is 5.91 Å². The van der Waals surface area contributed by atoms with Crippen LogP contribution in [0.15, 0.2) is 47.1 Å². The van der Waals surface area contributed by atoms with Gasteiger partial charge in [0.15, 0.2) is 0 Å². The van der Waals surface area contributed by atoms with Crippen molar-refractivity contribution in [2.45, 2.75) is 31.8 Å². The largest absolute Gasteiger partial charge is 0.466 e. The maximum atomic E-state index is 13.9. The number of amides is 1. The normalized spacial score (nSPS) is 14.4. The van der Waals surface area contributed by atoms with Gasteiger partial charge >= 0.3 is 0 Å². The second-order valence-electron chi connectivity index (χ2n) is 6.04. The fraction of sp³-hybridized carbons (Fsp3) is 0.353. The molecule has 0 radical (unpaired) electrons. The first-order valence-corrected chi connectivity index (χ1v) is 7.05. The summed E-state index contributed by atoms with van der Waals surface area (Å²) < 4.78 is 19.1. The number of hydrogen-bond donors (Lipinski definition) is 2. The number of benzene rings is 1. The fourth-order valence-corrected chi connectivity index (χ4v) is 2.24. The van der Waals surface area contributed by atoms with Gasteiger partial charge < -0.3 is 14.8 Å². The standard InChI is InChI=1S/C17H20FNO3/c1-16(2,12-7-4-5-8-13(12)18)15(20)19-11-17(3,21)14-9-6-10-22-14/h4-10,21H,11H2,1-3H3,(H,19,20)/t17-/m0/s1. The van der Waals surface area contributed by atoms with Crippen LogP contribution in [0.4, 0.5) is 4.39 Å². The van der Waals surface area contributed by atoms with Crippen molar-refractivity contribution in [3.8, 4) is 0 Å². The van der Waals surface area contributed by atoms with Crippen LogP contribution in [0.3, 0.4) is 0 Å². The molecule has 0 fully saturated rings. The molecule has 0 saturated carbocycles. The summed E-state index contributed by atoms with van der Waals surface area (Å²) in [5, 5.41) is 13.0. The molecule has 1 aromatic carbocycles. The molecule has 0 bridgehead atoms. The molecule has 2 N–H and O–H groups in total. The van der Waals surface area contributed by atoms with Crippen molar-refractivity contribution in [3.05, 3.63) is 59.8 Å². The van der Waals surface area contributed by atoms with E-state index in [1.54, 1.807) is 51.1 Å². The molecule has 22 heavy (non-hydrogen) atoms. The zero-order valence-electron chi connectivity index (χ0n) is 12.9. The van der Waals surface area contributed by atoms with Crippen molar-refractivity contribution in [1.29, 1.82) is 0 Å². The molecule has 4 nitrogen and oxygen atoms in total. The Morgan fingerprint density at radius 1 is 1.23 bits per heavy atom. The molecule has 5 heteroatoms. The molecule has 2 rings (SSSR count). The quantitative estimate of drug-likeness (QED) is 0.893. The Morgan fingerprint density at radius 3 is 2.50 bits per heavy atom. The lowest BCUT2D eigenvalue weighted by Gasteiger charge is -2.27. The van der Waals surface area contributed by atoms with Crippen LogP contribution in [0, 0.1) is 5.82 Å². The number of nitrogens with one attached hydrogen (secondary N) is 1. The maximum Gasteiger partial charge on any atom is 0.230 e. The number of hydrogen-bond acceptors (Lipinski definition) is 3. The lowest BCUT2D eigenvalue weighted by atomic mass is 9.83. The molecule has 0 aliphatic carbocycles. The first-order chi connectivity index (χ1) is 10.2. The van der Waals surface area contributed by atoms with E-state index in [1.807, 2.05) is 0 Å². The van der Waals surface area contributed by atoms with Gasteiger partial charge in [-0.25, -0.2) is 4.39 Å². The monoisotopic (exact) mass is 305 g/mol.